The number of aliphatic hydroxyl groups excluding tert-OH is 1. The second kappa shape index (κ2) is 4.19. The van der Waals surface area contributed by atoms with E-state index in [1.165, 1.54) is 12.1 Å². The Labute approximate surface area is 88.7 Å². The summed E-state index contributed by atoms with van der Waals surface area (Å²) >= 11 is 0. The molecule has 0 spiro atoms. The summed E-state index contributed by atoms with van der Waals surface area (Å²) in [5.41, 5.74) is 0.936. The Morgan fingerprint density at radius 2 is 2.40 bits per heavy atom. The normalized spacial score (nSPS) is 20.9. The summed E-state index contributed by atoms with van der Waals surface area (Å²) in [5, 5.41) is 9.16. The summed E-state index contributed by atoms with van der Waals surface area (Å²) in [6.45, 7) is 1.77. The van der Waals surface area contributed by atoms with E-state index >= 15 is 0 Å². The third-order valence-corrected chi connectivity index (χ3v) is 2.67. The Hall–Kier alpha value is -1.09. The molecule has 0 fully saturated rings. The van der Waals surface area contributed by atoms with E-state index in [4.69, 9.17) is 9.84 Å². The van der Waals surface area contributed by atoms with Crippen molar-refractivity contribution in [1.29, 1.82) is 0 Å². The van der Waals surface area contributed by atoms with Crippen LogP contribution in [0.2, 0.25) is 0 Å². The van der Waals surface area contributed by atoms with Gasteiger partial charge in [0.2, 0.25) is 0 Å². The maximum Gasteiger partial charge on any atom is 0.123 e. The first kappa shape index (κ1) is 10.4. The predicted molar refractivity (Wildman–Crippen MR) is 55.4 cm³/mol. The predicted octanol–water partition coefficient (Wildman–Crippen LogP) is 2.29. The van der Waals surface area contributed by atoms with Gasteiger partial charge in [0.15, 0.2) is 0 Å². The standard InChI is InChI=1S/C12H15FO2/c1-8(14)2-4-11-7-9-6-10(13)3-5-12(9)15-11/h3,5-6,8,11,14H,2,4,7H2,1H3. The first-order chi connectivity index (χ1) is 7.15. The molecule has 2 rings (SSSR count). The number of benzene rings is 1. The van der Waals surface area contributed by atoms with Crippen molar-refractivity contribution in [2.24, 2.45) is 0 Å². The number of hydrogen-bond donors (Lipinski definition) is 1. The molecule has 0 radical (unpaired) electrons. The van der Waals surface area contributed by atoms with Crippen molar-refractivity contribution in [3.63, 3.8) is 0 Å². The van der Waals surface area contributed by atoms with Crippen molar-refractivity contribution >= 4 is 0 Å². The molecule has 15 heavy (non-hydrogen) atoms. The van der Waals surface area contributed by atoms with Gasteiger partial charge in [-0.15, -0.1) is 0 Å². The Bertz CT molecular complexity index is 349. The highest BCUT2D eigenvalue weighted by atomic mass is 19.1. The van der Waals surface area contributed by atoms with Crippen LogP contribution in [0.4, 0.5) is 4.39 Å². The second-order valence-corrected chi connectivity index (χ2v) is 4.12. The molecule has 82 valence electrons. The van der Waals surface area contributed by atoms with E-state index in [2.05, 4.69) is 0 Å². The molecule has 3 heteroatoms. The summed E-state index contributed by atoms with van der Waals surface area (Å²) in [7, 11) is 0. The summed E-state index contributed by atoms with van der Waals surface area (Å²) in [6.07, 6.45) is 2.08. The zero-order valence-corrected chi connectivity index (χ0v) is 8.74. The van der Waals surface area contributed by atoms with Gasteiger partial charge in [-0.25, -0.2) is 4.39 Å². The monoisotopic (exact) mass is 210 g/mol. The molecular formula is C12H15FO2. The van der Waals surface area contributed by atoms with Crippen LogP contribution >= 0.6 is 0 Å². The first-order valence-electron chi connectivity index (χ1n) is 5.28. The van der Waals surface area contributed by atoms with Crippen molar-refractivity contribution in [2.75, 3.05) is 0 Å². The maximum absolute atomic E-state index is 12.9. The Morgan fingerprint density at radius 3 is 3.13 bits per heavy atom. The Balaban J connectivity index is 1.97. The smallest absolute Gasteiger partial charge is 0.123 e. The van der Waals surface area contributed by atoms with E-state index in [1.54, 1.807) is 13.0 Å². The second-order valence-electron chi connectivity index (χ2n) is 4.12. The van der Waals surface area contributed by atoms with Crippen molar-refractivity contribution in [1.82, 2.24) is 0 Å². The molecule has 2 atom stereocenters. The quantitative estimate of drug-likeness (QED) is 0.829. The lowest BCUT2D eigenvalue weighted by atomic mass is 10.1. The highest BCUT2D eigenvalue weighted by Crippen LogP contribution is 2.30. The van der Waals surface area contributed by atoms with Crippen LogP contribution in [0, 0.1) is 5.82 Å². The zero-order valence-electron chi connectivity index (χ0n) is 8.74. The van der Waals surface area contributed by atoms with E-state index < -0.39 is 0 Å². The maximum atomic E-state index is 12.9. The molecule has 2 nitrogen and oxygen atoms in total. The lowest BCUT2D eigenvalue weighted by Gasteiger charge is -2.11. The third kappa shape index (κ3) is 2.48. The van der Waals surface area contributed by atoms with Crippen LogP contribution in [-0.2, 0) is 6.42 Å². The van der Waals surface area contributed by atoms with Gasteiger partial charge < -0.3 is 9.84 Å². The van der Waals surface area contributed by atoms with Crippen molar-refractivity contribution < 1.29 is 14.2 Å². The van der Waals surface area contributed by atoms with Gasteiger partial charge in [0, 0.05) is 12.0 Å². The molecule has 0 bridgehead atoms. The van der Waals surface area contributed by atoms with Gasteiger partial charge in [0.25, 0.3) is 0 Å². The molecule has 0 aliphatic carbocycles. The number of halogens is 1. The highest BCUT2D eigenvalue weighted by molar-refractivity contribution is 5.37. The number of fused-ring (bicyclic) bond motifs is 1. The molecule has 1 aromatic rings. The van der Waals surface area contributed by atoms with Crippen LogP contribution in [0.15, 0.2) is 18.2 Å². The van der Waals surface area contributed by atoms with E-state index in [-0.39, 0.29) is 18.0 Å². The SMILES string of the molecule is CC(O)CCC1Cc2cc(F)ccc2O1. The highest BCUT2D eigenvalue weighted by Gasteiger charge is 2.23. The van der Waals surface area contributed by atoms with Gasteiger partial charge in [0.1, 0.15) is 17.7 Å². The third-order valence-electron chi connectivity index (χ3n) is 2.67. The van der Waals surface area contributed by atoms with Gasteiger partial charge in [-0.2, -0.15) is 0 Å². The van der Waals surface area contributed by atoms with Crippen LogP contribution < -0.4 is 4.74 Å². The zero-order chi connectivity index (χ0) is 10.8. The average molecular weight is 210 g/mol. The first-order valence-corrected chi connectivity index (χ1v) is 5.28. The van der Waals surface area contributed by atoms with E-state index in [1.807, 2.05) is 0 Å². The fraction of sp³-hybridized carbons (Fsp3) is 0.500. The van der Waals surface area contributed by atoms with Crippen molar-refractivity contribution in [3.05, 3.63) is 29.6 Å². The lowest BCUT2D eigenvalue weighted by molar-refractivity contribution is 0.148. The Kier molecular flexibility index (Phi) is 2.91. The summed E-state index contributed by atoms with van der Waals surface area (Å²) in [6, 6.07) is 4.61. The average Bonchev–Trinajstić information content (AvgIpc) is 2.56. The molecule has 0 aromatic heterocycles. The topological polar surface area (TPSA) is 29.5 Å². The number of aliphatic hydroxyl groups is 1. The van der Waals surface area contributed by atoms with Crippen LogP contribution in [0.3, 0.4) is 0 Å². The minimum atomic E-state index is -0.297. The van der Waals surface area contributed by atoms with E-state index in [0.29, 0.717) is 0 Å². The van der Waals surface area contributed by atoms with Gasteiger partial charge in [0.05, 0.1) is 6.10 Å². The minimum absolute atomic E-state index is 0.0939. The number of hydrogen-bond acceptors (Lipinski definition) is 2. The van der Waals surface area contributed by atoms with Crippen LogP contribution in [0.5, 0.6) is 5.75 Å². The fourth-order valence-electron chi connectivity index (χ4n) is 1.88. The van der Waals surface area contributed by atoms with Crippen LogP contribution in [0.25, 0.3) is 0 Å². The molecule has 1 heterocycles. The number of ether oxygens (including phenoxy) is 1. The molecule has 1 aliphatic heterocycles. The molecule has 2 unspecified atom stereocenters. The molecule has 0 amide bonds. The van der Waals surface area contributed by atoms with E-state index in [9.17, 15) is 4.39 Å². The van der Waals surface area contributed by atoms with Gasteiger partial charge in [-0.05, 0) is 38.0 Å². The summed E-state index contributed by atoms with van der Waals surface area (Å²) in [5.74, 6) is 0.570. The minimum Gasteiger partial charge on any atom is -0.490 e. The van der Waals surface area contributed by atoms with Crippen molar-refractivity contribution in [2.45, 2.75) is 38.4 Å². The summed E-state index contributed by atoms with van der Waals surface area (Å²) in [4.78, 5) is 0. The Morgan fingerprint density at radius 1 is 1.60 bits per heavy atom. The molecule has 0 saturated heterocycles. The molecular weight excluding hydrogens is 195 g/mol. The van der Waals surface area contributed by atoms with Gasteiger partial charge in [-0.1, -0.05) is 0 Å². The lowest BCUT2D eigenvalue weighted by Crippen LogP contribution is -2.15. The van der Waals surface area contributed by atoms with E-state index in [0.717, 1.165) is 30.6 Å². The largest absolute Gasteiger partial charge is 0.490 e. The molecule has 1 N–H and O–H groups in total. The molecule has 0 saturated carbocycles. The van der Waals surface area contributed by atoms with Gasteiger partial charge in [-0.3, -0.25) is 0 Å². The van der Waals surface area contributed by atoms with Crippen LogP contribution in [0.1, 0.15) is 25.3 Å². The van der Waals surface area contributed by atoms with Crippen molar-refractivity contribution in [3.8, 4) is 5.75 Å². The molecule has 1 aromatic carbocycles. The number of rotatable bonds is 3. The molecule has 1 aliphatic rings. The summed E-state index contributed by atoms with van der Waals surface area (Å²) < 4.78 is 18.5. The fourth-order valence-corrected chi connectivity index (χ4v) is 1.88. The van der Waals surface area contributed by atoms with Crippen LogP contribution in [-0.4, -0.2) is 17.3 Å². The van der Waals surface area contributed by atoms with Gasteiger partial charge >= 0.3 is 0 Å².